The van der Waals surface area contributed by atoms with E-state index in [9.17, 15) is 9.59 Å². The van der Waals surface area contributed by atoms with Crippen molar-refractivity contribution < 1.29 is 9.59 Å². The minimum Gasteiger partial charge on any atom is -0.352 e. The van der Waals surface area contributed by atoms with Crippen molar-refractivity contribution in [2.24, 2.45) is 5.92 Å². The molecular formula is C22H26N2O2. The van der Waals surface area contributed by atoms with E-state index in [1.54, 1.807) is 0 Å². The number of aryl methyl sites for hydroxylation is 1. The van der Waals surface area contributed by atoms with Crippen molar-refractivity contribution in [2.75, 3.05) is 19.6 Å². The fraction of sp³-hybridized carbons (Fsp3) is 0.364. The van der Waals surface area contributed by atoms with Gasteiger partial charge in [0.15, 0.2) is 0 Å². The van der Waals surface area contributed by atoms with Crippen LogP contribution in [0.1, 0.15) is 45.5 Å². The van der Waals surface area contributed by atoms with Crippen molar-refractivity contribution in [3.63, 3.8) is 0 Å². The number of likely N-dealkylation sites (tertiary alicyclic amines) is 1. The normalized spacial score (nSPS) is 14.9. The molecule has 4 heteroatoms. The third-order valence-corrected chi connectivity index (χ3v) is 5.07. The van der Waals surface area contributed by atoms with Crippen LogP contribution in [0, 0.1) is 12.8 Å². The molecule has 26 heavy (non-hydrogen) atoms. The van der Waals surface area contributed by atoms with Gasteiger partial charge in [-0.15, -0.1) is 0 Å². The van der Waals surface area contributed by atoms with Gasteiger partial charge in [-0.05, 0) is 56.4 Å². The summed E-state index contributed by atoms with van der Waals surface area (Å²) >= 11 is 0. The summed E-state index contributed by atoms with van der Waals surface area (Å²) in [5.41, 5.74) is 2.62. The quantitative estimate of drug-likeness (QED) is 0.894. The van der Waals surface area contributed by atoms with E-state index in [2.05, 4.69) is 5.32 Å². The first kappa shape index (κ1) is 18.2. The van der Waals surface area contributed by atoms with E-state index in [1.807, 2.05) is 66.4 Å². The van der Waals surface area contributed by atoms with Crippen LogP contribution in [0.2, 0.25) is 0 Å². The Hall–Kier alpha value is -2.62. The molecule has 1 heterocycles. The van der Waals surface area contributed by atoms with E-state index >= 15 is 0 Å². The summed E-state index contributed by atoms with van der Waals surface area (Å²) < 4.78 is 0. The van der Waals surface area contributed by atoms with Gasteiger partial charge in [-0.3, -0.25) is 9.59 Å². The average Bonchev–Trinajstić information content (AvgIpc) is 2.69. The molecule has 136 valence electrons. The highest BCUT2D eigenvalue weighted by Gasteiger charge is 2.23. The highest BCUT2D eigenvalue weighted by atomic mass is 16.2. The summed E-state index contributed by atoms with van der Waals surface area (Å²) in [5.74, 6) is 0.673. The van der Waals surface area contributed by atoms with Crippen LogP contribution in [-0.2, 0) is 0 Å². The number of nitrogens with one attached hydrogen (secondary N) is 1. The van der Waals surface area contributed by atoms with Crippen molar-refractivity contribution in [1.82, 2.24) is 10.2 Å². The van der Waals surface area contributed by atoms with Crippen LogP contribution in [-0.4, -0.2) is 36.3 Å². The van der Waals surface area contributed by atoms with Crippen LogP contribution in [0.5, 0.6) is 0 Å². The first-order valence-corrected chi connectivity index (χ1v) is 9.32. The van der Waals surface area contributed by atoms with E-state index < -0.39 is 0 Å². The standard InChI is InChI=1S/C22H26N2O2/c1-17-7-9-19(10-8-17)21(25)23-14-11-18-12-15-24(16-13-18)22(26)20-5-3-2-4-6-20/h2-10,18H,11-16H2,1H3,(H,23,25). The number of hydrogen-bond acceptors (Lipinski definition) is 2. The van der Waals surface area contributed by atoms with E-state index in [0.29, 0.717) is 18.0 Å². The molecule has 0 saturated carbocycles. The maximum Gasteiger partial charge on any atom is 0.253 e. The van der Waals surface area contributed by atoms with Crippen LogP contribution in [0.25, 0.3) is 0 Å². The van der Waals surface area contributed by atoms with Crippen molar-refractivity contribution in [2.45, 2.75) is 26.2 Å². The first-order valence-electron chi connectivity index (χ1n) is 9.32. The molecule has 0 spiro atoms. The number of carbonyl (C=O) groups is 2. The van der Waals surface area contributed by atoms with Gasteiger partial charge in [0.05, 0.1) is 0 Å². The molecule has 0 aliphatic carbocycles. The van der Waals surface area contributed by atoms with Gasteiger partial charge in [0, 0.05) is 30.8 Å². The molecule has 1 aliphatic rings. The molecule has 1 saturated heterocycles. The lowest BCUT2D eigenvalue weighted by molar-refractivity contribution is 0.0687. The Balaban J connectivity index is 1.39. The third kappa shape index (κ3) is 4.72. The van der Waals surface area contributed by atoms with E-state index in [4.69, 9.17) is 0 Å². The van der Waals surface area contributed by atoms with Gasteiger partial charge in [0.25, 0.3) is 11.8 Å². The molecule has 1 aliphatic heterocycles. The fourth-order valence-corrected chi connectivity index (χ4v) is 3.38. The molecule has 3 rings (SSSR count). The number of benzene rings is 2. The molecule has 0 atom stereocenters. The van der Waals surface area contributed by atoms with Crippen LogP contribution in [0.4, 0.5) is 0 Å². The lowest BCUT2D eigenvalue weighted by Gasteiger charge is -2.32. The van der Waals surface area contributed by atoms with Crippen LogP contribution in [0.15, 0.2) is 54.6 Å². The Labute approximate surface area is 155 Å². The molecule has 2 aromatic carbocycles. The highest BCUT2D eigenvalue weighted by Crippen LogP contribution is 2.21. The zero-order chi connectivity index (χ0) is 18.4. The lowest BCUT2D eigenvalue weighted by Crippen LogP contribution is -2.39. The smallest absolute Gasteiger partial charge is 0.253 e. The largest absolute Gasteiger partial charge is 0.352 e. The van der Waals surface area contributed by atoms with E-state index in [0.717, 1.165) is 43.5 Å². The van der Waals surface area contributed by atoms with Gasteiger partial charge < -0.3 is 10.2 Å². The topological polar surface area (TPSA) is 49.4 Å². The Kier molecular flexibility index (Phi) is 6.05. The summed E-state index contributed by atoms with van der Waals surface area (Å²) in [6, 6.07) is 17.1. The summed E-state index contributed by atoms with van der Waals surface area (Å²) in [6.07, 6.45) is 2.96. The Morgan fingerprint density at radius 3 is 2.27 bits per heavy atom. The number of piperidine rings is 1. The second kappa shape index (κ2) is 8.65. The number of rotatable bonds is 5. The molecule has 0 aromatic heterocycles. The SMILES string of the molecule is Cc1ccc(C(=O)NCCC2CCN(C(=O)c3ccccc3)CC2)cc1. The van der Waals surface area contributed by atoms with Crippen LogP contribution in [0.3, 0.4) is 0 Å². The van der Waals surface area contributed by atoms with Crippen LogP contribution >= 0.6 is 0 Å². The lowest BCUT2D eigenvalue weighted by atomic mass is 9.93. The molecule has 1 fully saturated rings. The molecule has 2 aromatic rings. The summed E-state index contributed by atoms with van der Waals surface area (Å²) in [4.78, 5) is 26.5. The molecular weight excluding hydrogens is 324 g/mol. The average molecular weight is 350 g/mol. The summed E-state index contributed by atoms with van der Waals surface area (Å²) in [7, 11) is 0. The van der Waals surface area contributed by atoms with Crippen molar-refractivity contribution in [3.05, 3.63) is 71.3 Å². The molecule has 0 radical (unpaired) electrons. The summed E-state index contributed by atoms with van der Waals surface area (Å²) in [5, 5.41) is 3.01. The van der Waals surface area contributed by atoms with Crippen LogP contribution < -0.4 is 5.32 Å². The van der Waals surface area contributed by atoms with E-state index in [1.165, 1.54) is 0 Å². The van der Waals surface area contributed by atoms with E-state index in [-0.39, 0.29) is 11.8 Å². The van der Waals surface area contributed by atoms with Gasteiger partial charge in [-0.1, -0.05) is 35.9 Å². The molecule has 1 N–H and O–H groups in total. The second-order valence-electron chi connectivity index (χ2n) is 7.01. The highest BCUT2D eigenvalue weighted by molar-refractivity contribution is 5.94. The second-order valence-corrected chi connectivity index (χ2v) is 7.01. The zero-order valence-corrected chi connectivity index (χ0v) is 15.3. The number of hydrogen-bond donors (Lipinski definition) is 1. The minimum atomic E-state index is -0.0123. The fourth-order valence-electron chi connectivity index (χ4n) is 3.38. The minimum absolute atomic E-state index is 0.0123. The Morgan fingerprint density at radius 1 is 0.962 bits per heavy atom. The maximum absolute atomic E-state index is 12.5. The number of carbonyl (C=O) groups excluding carboxylic acids is 2. The van der Waals surface area contributed by atoms with Gasteiger partial charge >= 0.3 is 0 Å². The number of amides is 2. The van der Waals surface area contributed by atoms with Crippen molar-refractivity contribution >= 4 is 11.8 Å². The molecule has 0 unspecified atom stereocenters. The third-order valence-electron chi connectivity index (χ3n) is 5.07. The van der Waals surface area contributed by atoms with Gasteiger partial charge in [-0.2, -0.15) is 0 Å². The predicted octanol–water partition coefficient (Wildman–Crippen LogP) is 3.67. The first-order chi connectivity index (χ1) is 12.6. The van der Waals surface area contributed by atoms with Gasteiger partial charge in [-0.25, -0.2) is 0 Å². The maximum atomic E-state index is 12.5. The molecule has 2 amide bonds. The Morgan fingerprint density at radius 2 is 1.62 bits per heavy atom. The predicted molar refractivity (Wildman–Crippen MR) is 103 cm³/mol. The Bertz CT molecular complexity index is 732. The number of nitrogens with zero attached hydrogens (tertiary/aromatic N) is 1. The molecule has 0 bridgehead atoms. The van der Waals surface area contributed by atoms with Crippen molar-refractivity contribution in [1.29, 1.82) is 0 Å². The zero-order valence-electron chi connectivity index (χ0n) is 15.3. The van der Waals surface area contributed by atoms with Gasteiger partial charge in [0.2, 0.25) is 0 Å². The monoisotopic (exact) mass is 350 g/mol. The van der Waals surface area contributed by atoms with Crippen molar-refractivity contribution in [3.8, 4) is 0 Å². The summed E-state index contributed by atoms with van der Waals surface area (Å²) in [6.45, 7) is 4.29. The van der Waals surface area contributed by atoms with Gasteiger partial charge in [0.1, 0.15) is 0 Å². The molecule has 4 nitrogen and oxygen atoms in total.